The first-order valence-corrected chi connectivity index (χ1v) is 8.88. The number of phenols is 1. The Morgan fingerprint density at radius 3 is 2.22 bits per heavy atom. The Labute approximate surface area is 140 Å². The molecule has 0 aromatic heterocycles. The molecule has 0 bridgehead atoms. The van der Waals surface area contributed by atoms with Crippen LogP contribution in [0, 0.1) is 0 Å². The largest absolute Gasteiger partial charge is 0.507 e. The van der Waals surface area contributed by atoms with E-state index in [4.69, 9.17) is 5.11 Å². The minimum absolute atomic E-state index is 0.0178. The summed E-state index contributed by atoms with van der Waals surface area (Å²) in [6, 6.07) is 4.79. The number of hydrogen-bond acceptors (Lipinski definition) is 2. The second-order valence-electron chi connectivity index (χ2n) is 6.07. The molecular formula is C20H30O3. The third kappa shape index (κ3) is 7.87. The van der Waals surface area contributed by atoms with Gasteiger partial charge in [0.1, 0.15) is 11.3 Å². The predicted octanol–water partition coefficient (Wildman–Crippen LogP) is 6.02. The summed E-state index contributed by atoms with van der Waals surface area (Å²) in [5.41, 5.74) is 0.546. The first-order valence-electron chi connectivity index (χ1n) is 8.88. The van der Waals surface area contributed by atoms with Crippen LogP contribution in [0.5, 0.6) is 5.75 Å². The molecule has 1 aromatic rings. The average molecular weight is 318 g/mol. The van der Waals surface area contributed by atoms with E-state index in [-0.39, 0.29) is 11.3 Å². The third-order valence-corrected chi connectivity index (χ3v) is 4.06. The van der Waals surface area contributed by atoms with E-state index < -0.39 is 5.97 Å². The van der Waals surface area contributed by atoms with Crippen LogP contribution in [0.2, 0.25) is 0 Å². The molecule has 0 atom stereocenters. The number of benzene rings is 1. The Kier molecular flexibility index (Phi) is 9.85. The maximum absolute atomic E-state index is 11.2. The zero-order valence-corrected chi connectivity index (χ0v) is 14.3. The molecule has 0 aliphatic carbocycles. The van der Waals surface area contributed by atoms with Crippen molar-refractivity contribution in [2.24, 2.45) is 0 Å². The second-order valence-corrected chi connectivity index (χ2v) is 6.07. The standard InChI is InChI=1S/C20H30O3/c1-2-3-4-5-6-7-8-9-10-11-12-14-17-15-13-16-18(21)19(17)20(22)23/h12-16,21H,2-11H2,1H3,(H,22,23)/b14-12+. The van der Waals surface area contributed by atoms with E-state index in [9.17, 15) is 9.90 Å². The quantitative estimate of drug-likeness (QED) is 0.463. The van der Waals surface area contributed by atoms with Crippen LogP contribution in [-0.2, 0) is 0 Å². The molecule has 0 aliphatic heterocycles. The highest BCUT2D eigenvalue weighted by molar-refractivity contribution is 5.95. The van der Waals surface area contributed by atoms with Crippen LogP contribution in [0.4, 0.5) is 0 Å². The molecule has 128 valence electrons. The Morgan fingerprint density at radius 1 is 1.00 bits per heavy atom. The van der Waals surface area contributed by atoms with E-state index in [1.807, 2.05) is 6.08 Å². The second kappa shape index (κ2) is 11.8. The van der Waals surface area contributed by atoms with E-state index >= 15 is 0 Å². The molecule has 0 unspecified atom stereocenters. The summed E-state index contributed by atoms with van der Waals surface area (Å²) in [5.74, 6) is -1.27. The lowest BCUT2D eigenvalue weighted by Gasteiger charge is -2.03. The number of aromatic carboxylic acids is 1. The molecule has 0 fully saturated rings. The number of carboxylic acids is 1. The minimum atomic E-state index is -1.09. The average Bonchev–Trinajstić information content (AvgIpc) is 2.52. The summed E-state index contributed by atoms with van der Waals surface area (Å²) >= 11 is 0. The van der Waals surface area contributed by atoms with Crippen LogP contribution in [0.1, 0.15) is 87.1 Å². The van der Waals surface area contributed by atoms with E-state index in [0.29, 0.717) is 5.56 Å². The minimum Gasteiger partial charge on any atom is -0.507 e. The van der Waals surface area contributed by atoms with Gasteiger partial charge >= 0.3 is 5.97 Å². The molecule has 0 amide bonds. The summed E-state index contributed by atoms with van der Waals surface area (Å²) in [4.78, 5) is 11.2. The molecule has 0 heterocycles. The van der Waals surface area contributed by atoms with Gasteiger partial charge in [-0.05, 0) is 24.5 Å². The van der Waals surface area contributed by atoms with Crippen LogP contribution in [0.3, 0.4) is 0 Å². The number of carbonyl (C=O) groups is 1. The fourth-order valence-electron chi connectivity index (χ4n) is 2.71. The van der Waals surface area contributed by atoms with Gasteiger partial charge < -0.3 is 10.2 Å². The molecule has 0 saturated heterocycles. The lowest BCUT2D eigenvalue weighted by molar-refractivity contribution is 0.0693. The van der Waals surface area contributed by atoms with Gasteiger partial charge in [-0.2, -0.15) is 0 Å². The topological polar surface area (TPSA) is 57.5 Å². The summed E-state index contributed by atoms with van der Waals surface area (Å²) in [7, 11) is 0. The number of carboxylic acid groups (broad SMARTS) is 1. The van der Waals surface area contributed by atoms with Crippen LogP contribution < -0.4 is 0 Å². The van der Waals surface area contributed by atoms with Gasteiger partial charge in [0.25, 0.3) is 0 Å². The molecule has 3 nitrogen and oxygen atoms in total. The lowest BCUT2D eigenvalue weighted by atomic mass is 10.0. The van der Waals surface area contributed by atoms with Crippen LogP contribution in [0.15, 0.2) is 24.3 Å². The zero-order valence-electron chi connectivity index (χ0n) is 14.3. The van der Waals surface area contributed by atoms with Gasteiger partial charge in [-0.25, -0.2) is 4.79 Å². The van der Waals surface area contributed by atoms with Crippen molar-refractivity contribution in [1.29, 1.82) is 0 Å². The number of aromatic hydroxyl groups is 1. The monoisotopic (exact) mass is 318 g/mol. The fraction of sp³-hybridized carbons (Fsp3) is 0.550. The first-order chi connectivity index (χ1) is 11.2. The van der Waals surface area contributed by atoms with Gasteiger partial charge in [0.2, 0.25) is 0 Å². The molecule has 3 heteroatoms. The van der Waals surface area contributed by atoms with Crippen molar-refractivity contribution in [3.05, 3.63) is 35.4 Å². The Balaban J connectivity index is 2.20. The highest BCUT2D eigenvalue weighted by Crippen LogP contribution is 2.22. The van der Waals surface area contributed by atoms with Gasteiger partial charge in [-0.3, -0.25) is 0 Å². The smallest absolute Gasteiger partial charge is 0.340 e. The van der Waals surface area contributed by atoms with Crippen molar-refractivity contribution in [1.82, 2.24) is 0 Å². The molecular weight excluding hydrogens is 288 g/mol. The summed E-state index contributed by atoms with van der Waals surface area (Å²) in [6.07, 6.45) is 16.5. The van der Waals surface area contributed by atoms with Gasteiger partial charge in [0.05, 0.1) is 0 Å². The van der Waals surface area contributed by atoms with Crippen molar-refractivity contribution in [3.8, 4) is 5.75 Å². The summed E-state index contributed by atoms with van der Waals surface area (Å²) in [5, 5.41) is 18.8. The molecule has 2 N–H and O–H groups in total. The number of rotatable bonds is 12. The van der Waals surface area contributed by atoms with Crippen molar-refractivity contribution in [2.75, 3.05) is 0 Å². The molecule has 0 saturated carbocycles. The Morgan fingerprint density at radius 2 is 1.61 bits per heavy atom. The van der Waals surface area contributed by atoms with Gasteiger partial charge in [-0.15, -0.1) is 0 Å². The molecule has 23 heavy (non-hydrogen) atoms. The van der Waals surface area contributed by atoms with E-state index in [0.717, 1.165) is 12.8 Å². The number of allylic oxidation sites excluding steroid dienone is 1. The number of unbranched alkanes of at least 4 members (excludes halogenated alkanes) is 9. The molecule has 0 radical (unpaired) electrons. The van der Waals surface area contributed by atoms with Crippen molar-refractivity contribution in [3.63, 3.8) is 0 Å². The first kappa shape index (κ1) is 19.3. The summed E-state index contributed by atoms with van der Waals surface area (Å²) in [6.45, 7) is 2.24. The lowest BCUT2D eigenvalue weighted by Crippen LogP contribution is -1.99. The molecule has 1 aromatic carbocycles. The van der Waals surface area contributed by atoms with Crippen molar-refractivity contribution in [2.45, 2.75) is 71.1 Å². The maximum atomic E-state index is 11.2. The van der Waals surface area contributed by atoms with Gasteiger partial charge in [0, 0.05) is 0 Å². The maximum Gasteiger partial charge on any atom is 0.340 e. The molecule has 0 spiro atoms. The van der Waals surface area contributed by atoms with Crippen LogP contribution in [0.25, 0.3) is 6.08 Å². The highest BCUT2D eigenvalue weighted by Gasteiger charge is 2.12. The van der Waals surface area contributed by atoms with E-state index in [2.05, 4.69) is 6.92 Å². The molecule has 1 rings (SSSR count). The van der Waals surface area contributed by atoms with E-state index in [1.54, 1.807) is 18.2 Å². The van der Waals surface area contributed by atoms with Crippen LogP contribution >= 0.6 is 0 Å². The Hall–Kier alpha value is -1.77. The van der Waals surface area contributed by atoms with E-state index in [1.165, 1.54) is 57.4 Å². The number of hydrogen-bond donors (Lipinski definition) is 2. The summed E-state index contributed by atoms with van der Waals surface area (Å²) < 4.78 is 0. The predicted molar refractivity (Wildman–Crippen MR) is 95.9 cm³/mol. The van der Waals surface area contributed by atoms with Gasteiger partial charge in [0.15, 0.2) is 0 Å². The SMILES string of the molecule is CCCCCCCCCCC/C=C/c1cccc(O)c1C(=O)O. The van der Waals surface area contributed by atoms with Gasteiger partial charge in [-0.1, -0.05) is 82.6 Å². The Bertz CT molecular complexity index is 492. The normalized spacial score (nSPS) is 11.2. The third-order valence-electron chi connectivity index (χ3n) is 4.06. The zero-order chi connectivity index (χ0) is 16.9. The molecule has 0 aliphatic rings. The van der Waals surface area contributed by atoms with Crippen molar-refractivity contribution >= 4 is 12.0 Å². The van der Waals surface area contributed by atoms with Crippen LogP contribution in [-0.4, -0.2) is 16.2 Å². The van der Waals surface area contributed by atoms with Crippen molar-refractivity contribution < 1.29 is 15.0 Å². The highest BCUT2D eigenvalue weighted by atomic mass is 16.4. The fourth-order valence-corrected chi connectivity index (χ4v) is 2.71.